The van der Waals surface area contributed by atoms with Crippen LogP contribution in [0.15, 0.2) is 48.5 Å². The molecule has 1 saturated carbocycles. The van der Waals surface area contributed by atoms with Gasteiger partial charge in [-0.3, -0.25) is 0 Å². The number of hydrogen-bond donors (Lipinski definition) is 0. The second-order valence-corrected chi connectivity index (χ2v) is 8.16. The van der Waals surface area contributed by atoms with E-state index >= 15 is 0 Å². The van der Waals surface area contributed by atoms with Gasteiger partial charge < -0.3 is 19.2 Å². The SMILES string of the molecule is CC(=O)C[C@@H](C)c1ccc(OC2CCN(c3ccc(OC4CC4)cc3)C2)cc1. The molecular weight excluding hydrogens is 350 g/mol. The number of rotatable bonds is 8. The summed E-state index contributed by atoms with van der Waals surface area (Å²) in [6, 6.07) is 16.6. The number of nitrogens with zero attached hydrogens (tertiary/aromatic N) is 1. The number of carbonyl (C=O) groups is 1. The first-order valence-electron chi connectivity index (χ1n) is 10.3. The number of benzene rings is 2. The molecule has 4 rings (SSSR count). The summed E-state index contributed by atoms with van der Waals surface area (Å²) in [5.41, 5.74) is 2.41. The summed E-state index contributed by atoms with van der Waals surface area (Å²) in [6.45, 7) is 5.63. The van der Waals surface area contributed by atoms with Crippen LogP contribution < -0.4 is 14.4 Å². The number of ketones is 1. The summed E-state index contributed by atoms with van der Waals surface area (Å²) in [6.07, 6.45) is 4.60. The molecule has 0 aromatic heterocycles. The molecule has 1 aliphatic heterocycles. The van der Waals surface area contributed by atoms with E-state index in [9.17, 15) is 4.79 Å². The number of Topliss-reactive ketones (excluding diaryl/α,β-unsaturated/α-hetero) is 1. The van der Waals surface area contributed by atoms with E-state index in [1.807, 2.05) is 12.1 Å². The Morgan fingerprint density at radius 1 is 0.964 bits per heavy atom. The standard InChI is InChI=1S/C24H29NO3/c1-17(15-18(2)26)19-3-7-21(8-4-19)28-24-13-14-25(16-24)20-5-9-22(10-6-20)27-23-11-12-23/h3-10,17,23-24H,11-16H2,1-2H3/t17-,24?/m1/s1. The topological polar surface area (TPSA) is 38.8 Å². The molecule has 1 aliphatic carbocycles. The molecule has 0 bridgehead atoms. The highest BCUT2D eigenvalue weighted by Crippen LogP contribution is 2.30. The van der Waals surface area contributed by atoms with Crippen molar-refractivity contribution in [1.29, 1.82) is 0 Å². The van der Waals surface area contributed by atoms with Crippen LogP contribution in [0.1, 0.15) is 51.0 Å². The average molecular weight is 380 g/mol. The third kappa shape index (κ3) is 4.86. The van der Waals surface area contributed by atoms with Gasteiger partial charge in [-0.25, -0.2) is 0 Å². The van der Waals surface area contributed by atoms with Crippen molar-refractivity contribution in [2.24, 2.45) is 0 Å². The highest BCUT2D eigenvalue weighted by Gasteiger charge is 2.25. The Balaban J connectivity index is 1.30. The summed E-state index contributed by atoms with van der Waals surface area (Å²) in [7, 11) is 0. The molecule has 4 heteroatoms. The van der Waals surface area contributed by atoms with Crippen LogP contribution in [0, 0.1) is 0 Å². The van der Waals surface area contributed by atoms with E-state index in [0.29, 0.717) is 12.5 Å². The summed E-state index contributed by atoms with van der Waals surface area (Å²) in [4.78, 5) is 13.7. The van der Waals surface area contributed by atoms with Crippen LogP contribution in [0.3, 0.4) is 0 Å². The lowest BCUT2D eigenvalue weighted by Crippen LogP contribution is -2.24. The van der Waals surface area contributed by atoms with Crippen molar-refractivity contribution in [1.82, 2.24) is 0 Å². The Morgan fingerprint density at radius 3 is 2.18 bits per heavy atom. The highest BCUT2D eigenvalue weighted by atomic mass is 16.5. The van der Waals surface area contributed by atoms with E-state index in [2.05, 4.69) is 48.2 Å². The van der Waals surface area contributed by atoms with Crippen LogP contribution in [0.4, 0.5) is 5.69 Å². The van der Waals surface area contributed by atoms with Crippen molar-refractivity contribution in [3.8, 4) is 11.5 Å². The average Bonchev–Trinajstić information content (AvgIpc) is 3.37. The molecular formula is C24H29NO3. The molecule has 28 heavy (non-hydrogen) atoms. The summed E-state index contributed by atoms with van der Waals surface area (Å²) in [5.74, 6) is 2.35. The number of anilines is 1. The minimum absolute atomic E-state index is 0.197. The van der Waals surface area contributed by atoms with Crippen LogP contribution in [0.5, 0.6) is 11.5 Å². The van der Waals surface area contributed by atoms with E-state index in [4.69, 9.17) is 9.47 Å². The fourth-order valence-corrected chi connectivity index (χ4v) is 3.79. The van der Waals surface area contributed by atoms with Crippen molar-refractivity contribution in [3.63, 3.8) is 0 Å². The molecule has 2 fully saturated rings. The normalized spacial score (nSPS) is 20.1. The first kappa shape index (κ1) is 18.9. The lowest BCUT2D eigenvalue weighted by atomic mass is 9.96. The molecule has 4 nitrogen and oxygen atoms in total. The van der Waals surface area contributed by atoms with Crippen molar-refractivity contribution in [2.45, 2.75) is 57.7 Å². The predicted octanol–water partition coefficient (Wildman–Crippen LogP) is 4.97. The van der Waals surface area contributed by atoms with E-state index in [1.165, 1.54) is 24.1 Å². The molecule has 0 spiro atoms. The van der Waals surface area contributed by atoms with Gasteiger partial charge in [0.05, 0.1) is 12.6 Å². The van der Waals surface area contributed by atoms with Gasteiger partial charge in [0, 0.05) is 25.1 Å². The molecule has 2 aromatic rings. The van der Waals surface area contributed by atoms with Gasteiger partial charge in [-0.15, -0.1) is 0 Å². The zero-order valence-corrected chi connectivity index (χ0v) is 16.8. The van der Waals surface area contributed by atoms with Gasteiger partial charge in [0.25, 0.3) is 0 Å². The summed E-state index contributed by atoms with van der Waals surface area (Å²) < 4.78 is 12.0. The highest BCUT2D eigenvalue weighted by molar-refractivity contribution is 5.76. The molecule has 2 atom stereocenters. The van der Waals surface area contributed by atoms with Gasteiger partial charge in [0.1, 0.15) is 23.4 Å². The third-order valence-electron chi connectivity index (χ3n) is 5.52. The van der Waals surface area contributed by atoms with Crippen molar-refractivity contribution in [2.75, 3.05) is 18.0 Å². The third-order valence-corrected chi connectivity index (χ3v) is 5.52. The van der Waals surface area contributed by atoms with Crippen LogP contribution in [0.2, 0.25) is 0 Å². The first-order chi connectivity index (χ1) is 13.6. The Morgan fingerprint density at radius 2 is 1.57 bits per heavy atom. The molecule has 0 radical (unpaired) electrons. The quantitative estimate of drug-likeness (QED) is 0.649. The van der Waals surface area contributed by atoms with E-state index < -0.39 is 0 Å². The smallest absolute Gasteiger partial charge is 0.130 e. The lowest BCUT2D eigenvalue weighted by molar-refractivity contribution is -0.117. The van der Waals surface area contributed by atoms with Crippen LogP contribution in [-0.2, 0) is 4.79 Å². The van der Waals surface area contributed by atoms with E-state index in [0.717, 1.165) is 31.0 Å². The Bertz CT molecular complexity index is 796. The zero-order valence-electron chi connectivity index (χ0n) is 16.8. The monoisotopic (exact) mass is 379 g/mol. The molecule has 148 valence electrons. The number of ether oxygens (including phenoxy) is 2. The van der Waals surface area contributed by atoms with Crippen LogP contribution >= 0.6 is 0 Å². The molecule has 1 unspecified atom stereocenters. The minimum Gasteiger partial charge on any atom is -0.490 e. The lowest BCUT2D eigenvalue weighted by Gasteiger charge is -2.20. The molecule has 0 amide bonds. The molecule has 0 N–H and O–H groups in total. The van der Waals surface area contributed by atoms with Gasteiger partial charge in [-0.2, -0.15) is 0 Å². The van der Waals surface area contributed by atoms with Gasteiger partial charge in [0.2, 0.25) is 0 Å². The largest absolute Gasteiger partial charge is 0.490 e. The maximum atomic E-state index is 11.3. The second kappa shape index (κ2) is 8.26. The number of hydrogen-bond acceptors (Lipinski definition) is 4. The zero-order chi connectivity index (χ0) is 19.5. The van der Waals surface area contributed by atoms with Crippen LogP contribution in [0.25, 0.3) is 0 Å². The van der Waals surface area contributed by atoms with Crippen LogP contribution in [-0.4, -0.2) is 31.1 Å². The fourth-order valence-electron chi connectivity index (χ4n) is 3.79. The predicted molar refractivity (Wildman–Crippen MR) is 111 cm³/mol. The Kier molecular flexibility index (Phi) is 5.56. The maximum Gasteiger partial charge on any atom is 0.130 e. The molecule has 1 saturated heterocycles. The molecule has 1 heterocycles. The maximum absolute atomic E-state index is 11.3. The van der Waals surface area contributed by atoms with E-state index in [-0.39, 0.29) is 17.8 Å². The van der Waals surface area contributed by atoms with Crippen molar-refractivity contribution in [3.05, 3.63) is 54.1 Å². The molecule has 2 aliphatic rings. The van der Waals surface area contributed by atoms with Gasteiger partial charge in [-0.1, -0.05) is 19.1 Å². The Hall–Kier alpha value is -2.49. The Labute approximate surface area is 167 Å². The van der Waals surface area contributed by atoms with Crippen molar-refractivity contribution < 1.29 is 14.3 Å². The van der Waals surface area contributed by atoms with Gasteiger partial charge >= 0.3 is 0 Å². The summed E-state index contributed by atoms with van der Waals surface area (Å²) in [5, 5.41) is 0. The van der Waals surface area contributed by atoms with Crippen molar-refractivity contribution >= 4 is 11.5 Å². The first-order valence-corrected chi connectivity index (χ1v) is 10.3. The molecule has 2 aromatic carbocycles. The van der Waals surface area contributed by atoms with Gasteiger partial charge in [-0.05, 0) is 67.6 Å². The second-order valence-electron chi connectivity index (χ2n) is 8.16. The number of carbonyl (C=O) groups excluding carboxylic acids is 1. The van der Waals surface area contributed by atoms with E-state index in [1.54, 1.807) is 6.92 Å². The minimum atomic E-state index is 0.197. The summed E-state index contributed by atoms with van der Waals surface area (Å²) >= 11 is 0. The fraction of sp³-hybridized carbons (Fsp3) is 0.458. The van der Waals surface area contributed by atoms with Gasteiger partial charge in [0.15, 0.2) is 0 Å².